The summed E-state index contributed by atoms with van der Waals surface area (Å²) in [7, 11) is 0. The second-order valence-electron chi connectivity index (χ2n) is 5.68. The van der Waals surface area contributed by atoms with Crippen molar-refractivity contribution in [2.24, 2.45) is 0 Å². The van der Waals surface area contributed by atoms with E-state index in [9.17, 15) is 4.79 Å². The third kappa shape index (κ3) is 4.29. The van der Waals surface area contributed by atoms with Crippen LogP contribution in [0, 0.1) is 0 Å². The first-order valence-corrected chi connectivity index (χ1v) is 9.47. The van der Waals surface area contributed by atoms with Crippen molar-refractivity contribution >= 4 is 40.4 Å². The van der Waals surface area contributed by atoms with Crippen LogP contribution in [-0.4, -0.2) is 38.8 Å². The summed E-state index contributed by atoms with van der Waals surface area (Å²) in [6.07, 6.45) is 0. The zero-order chi connectivity index (χ0) is 16.9. The number of halogens is 2. The lowest BCUT2D eigenvalue weighted by Gasteiger charge is -2.31. The van der Waals surface area contributed by atoms with E-state index in [0.29, 0.717) is 22.2 Å². The summed E-state index contributed by atoms with van der Waals surface area (Å²) in [6.45, 7) is 4.00. The fraction of sp³-hybridized carbons (Fsp3) is 0.353. The Balaban J connectivity index is 1.68. The molecule has 1 saturated heterocycles. The molecule has 0 aliphatic carbocycles. The van der Waals surface area contributed by atoms with Crippen molar-refractivity contribution in [2.75, 3.05) is 32.8 Å². The van der Waals surface area contributed by atoms with Crippen LogP contribution in [0.4, 0.5) is 0 Å². The number of hydrogen-bond acceptors (Lipinski definition) is 3. The Hall–Kier alpha value is -1.11. The van der Waals surface area contributed by atoms with E-state index in [1.807, 2.05) is 6.07 Å². The molecule has 1 aliphatic rings. The second kappa shape index (κ2) is 8.32. The highest BCUT2D eigenvalue weighted by Crippen LogP contribution is 2.22. The molecule has 1 aromatic carbocycles. The summed E-state index contributed by atoms with van der Waals surface area (Å²) in [5.41, 5.74) is 0.520. The smallest absolute Gasteiger partial charge is 0.251 e. The van der Waals surface area contributed by atoms with Gasteiger partial charge in [0.05, 0.1) is 34.7 Å². The standard InChI is InChI=1S/C17H18Cl2N2O2S/c18-13-4-3-12(10-14(13)19)17(22)20-11-15(16-2-1-9-24-16)21-5-7-23-8-6-21/h1-4,9-10,15H,5-8,11H2,(H,20,22)/p+1/t15-/m1/s1. The van der Waals surface area contributed by atoms with Gasteiger partial charge in [0, 0.05) is 5.56 Å². The van der Waals surface area contributed by atoms with Crippen LogP contribution in [0.3, 0.4) is 0 Å². The van der Waals surface area contributed by atoms with Crippen LogP contribution in [0.2, 0.25) is 10.0 Å². The molecule has 128 valence electrons. The maximum atomic E-state index is 12.4. The van der Waals surface area contributed by atoms with Crippen molar-refractivity contribution in [3.8, 4) is 0 Å². The SMILES string of the molecule is O=C(NC[C@H](c1cccs1)[NH+]1CCOCC1)c1ccc(Cl)c(Cl)c1. The third-order valence-electron chi connectivity index (χ3n) is 4.16. The fourth-order valence-corrected chi connectivity index (χ4v) is 4.04. The zero-order valence-corrected chi connectivity index (χ0v) is 15.4. The van der Waals surface area contributed by atoms with Gasteiger partial charge in [-0.2, -0.15) is 0 Å². The molecule has 0 radical (unpaired) electrons. The molecular weight excluding hydrogens is 367 g/mol. The van der Waals surface area contributed by atoms with Gasteiger partial charge in [0.1, 0.15) is 19.1 Å². The van der Waals surface area contributed by atoms with Gasteiger partial charge < -0.3 is 15.0 Å². The number of benzene rings is 1. The molecule has 2 heterocycles. The topological polar surface area (TPSA) is 42.8 Å². The summed E-state index contributed by atoms with van der Waals surface area (Å²) < 4.78 is 5.45. The Kier molecular flexibility index (Phi) is 6.14. The molecule has 4 nitrogen and oxygen atoms in total. The molecule has 3 rings (SSSR count). The van der Waals surface area contributed by atoms with Crippen LogP contribution in [0.5, 0.6) is 0 Å². The summed E-state index contributed by atoms with van der Waals surface area (Å²) in [5, 5.41) is 5.94. The van der Waals surface area contributed by atoms with Crippen LogP contribution in [-0.2, 0) is 4.74 Å². The van der Waals surface area contributed by atoms with Crippen LogP contribution in [0.1, 0.15) is 21.3 Å². The Labute approximate surface area is 155 Å². The minimum Gasteiger partial charge on any atom is -0.370 e. The number of carbonyl (C=O) groups is 1. The van der Waals surface area contributed by atoms with Crippen molar-refractivity contribution in [1.82, 2.24) is 5.32 Å². The van der Waals surface area contributed by atoms with Crippen molar-refractivity contribution in [2.45, 2.75) is 6.04 Å². The number of quaternary nitrogens is 1. The lowest BCUT2D eigenvalue weighted by Crippen LogP contribution is -3.15. The Morgan fingerprint density at radius 2 is 2.04 bits per heavy atom. The molecule has 1 aliphatic heterocycles. The predicted octanol–water partition coefficient (Wildman–Crippen LogP) is 2.44. The number of rotatable bonds is 5. The summed E-state index contributed by atoms with van der Waals surface area (Å²) in [6, 6.07) is 9.34. The molecule has 0 spiro atoms. The van der Waals surface area contributed by atoms with E-state index in [2.05, 4.69) is 16.8 Å². The third-order valence-corrected chi connectivity index (χ3v) is 5.89. The average molecular weight is 386 g/mol. The molecule has 24 heavy (non-hydrogen) atoms. The van der Waals surface area contributed by atoms with E-state index < -0.39 is 0 Å². The van der Waals surface area contributed by atoms with Gasteiger partial charge in [-0.25, -0.2) is 0 Å². The molecule has 1 aromatic heterocycles. The molecule has 0 unspecified atom stereocenters. The Morgan fingerprint density at radius 1 is 1.25 bits per heavy atom. The van der Waals surface area contributed by atoms with Gasteiger partial charge in [-0.05, 0) is 29.6 Å². The molecule has 0 saturated carbocycles. The number of amides is 1. The fourth-order valence-electron chi connectivity index (χ4n) is 2.85. The molecule has 1 fully saturated rings. The van der Waals surface area contributed by atoms with Gasteiger partial charge in [-0.1, -0.05) is 29.3 Å². The van der Waals surface area contributed by atoms with Crippen molar-refractivity contribution < 1.29 is 14.4 Å². The number of hydrogen-bond donors (Lipinski definition) is 2. The molecule has 1 atom stereocenters. The first kappa shape index (κ1) is 17.7. The number of thiophene rings is 1. The van der Waals surface area contributed by atoms with Gasteiger partial charge in [-0.15, -0.1) is 11.3 Å². The monoisotopic (exact) mass is 385 g/mol. The van der Waals surface area contributed by atoms with E-state index in [0.717, 1.165) is 26.3 Å². The largest absolute Gasteiger partial charge is 0.370 e. The highest BCUT2D eigenvalue weighted by Gasteiger charge is 2.27. The molecule has 2 N–H and O–H groups in total. The Morgan fingerprint density at radius 3 is 2.71 bits per heavy atom. The summed E-state index contributed by atoms with van der Waals surface area (Å²) in [5.74, 6) is -0.136. The minimum atomic E-state index is -0.136. The highest BCUT2D eigenvalue weighted by molar-refractivity contribution is 7.10. The predicted molar refractivity (Wildman–Crippen MR) is 97.4 cm³/mol. The summed E-state index contributed by atoms with van der Waals surface area (Å²) in [4.78, 5) is 15.1. The van der Waals surface area contributed by atoms with Crippen molar-refractivity contribution in [3.63, 3.8) is 0 Å². The van der Waals surface area contributed by atoms with Gasteiger partial charge in [-0.3, -0.25) is 4.79 Å². The van der Waals surface area contributed by atoms with E-state index >= 15 is 0 Å². The Bertz CT molecular complexity index is 688. The van der Waals surface area contributed by atoms with E-state index in [1.54, 1.807) is 29.5 Å². The average Bonchev–Trinajstić information content (AvgIpc) is 3.12. The van der Waals surface area contributed by atoms with Crippen molar-refractivity contribution in [1.29, 1.82) is 0 Å². The molecule has 2 aromatic rings. The lowest BCUT2D eigenvalue weighted by atomic mass is 10.1. The second-order valence-corrected chi connectivity index (χ2v) is 7.47. The number of ether oxygens (including phenoxy) is 1. The molecule has 7 heteroatoms. The van der Waals surface area contributed by atoms with Crippen LogP contribution >= 0.6 is 34.5 Å². The molecule has 1 amide bonds. The maximum Gasteiger partial charge on any atom is 0.251 e. The highest BCUT2D eigenvalue weighted by atomic mass is 35.5. The number of nitrogens with one attached hydrogen (secondary N) is 2. The van der Waals surface area contributed by atoms with E-state index in [1.165, 1.54) is 9.78 Å². The van der Waals surface area contributed by atoms with Crippen LogP contribution in [0.15, 0.2) is 35.7 Å². The van der Waals surface area contributed by atoms with Crippen LogP contribution in [0.25, 0.3) is 0 Å². The zero-order valence-electron chi connectivity index (χ0n) is 13.1. The van der Waals surface area contributed by atoms with Crippen molar-refractivity contribution in [3.05, 3.63) is 56.2 Å². The lowest BCUT2D eigenvalue weighted by molar-refractivity contribution is -0.937. The minimum absolute atomic E-state index is 0.136. The van der Waals surface area contributed by atoms with Crippen LogP contribution < -0.4 is 10.2 Å². The molecular formula is C17H19Cl2N2O2S+. The number of carbonyl (C=O) groups excluding carboxylic acids is 1. The van der Waals surface area contributed by atoms with Gasteiger partial charge in [0.2, 0.25) is 0 Å². The quantitative estimate of drug-likeness (QED) is 0.829. The normalized spacial score (nSPS) is 16.8. The summed E-state index contributed by atoms with van der Waals surface area (Å²) >= 11 is 13.6. The molecule has 0 bridgehead atoms. The maximum absolute atomic E-state index is 12.4. The first-order chi connectivity index (χ1) is 11.6. The first-order valence-electron chi connectivity index (χ1n) is 7.84. The van der Waals surface area contributed by atoms with E-state index in [4.69, 9.17) is 27.9 Å². The number of morpholine rings is 1. The van der Waals surface area contributed by atoms with Gasteiger partial charge >= 0.3 is 0 Å². The van der Waals surface area contributed by atoms with Gasteiger partial charge in [0.25, 0.3) is 5.91 Å². The van der Waals surface area contributed by atoms with E-state index in [-0.39, 0.29) is 11.9 Å². The van der Waals surface area contributed by atoms with Gasteiger partial charge in [0.15, 0.2) is 0 Å².